The summed E-state index contributed by atoms with van der Waals surface area (Å²) in [6.07, 6.45) is 2.38. The van der Waals surface area contributed by atoms with Crippen molar-refractivity contribution >= 4 is 6.01 Å². The monoisotopic (exact) mass is 254 g/mol. The maximum absolute atomic E-state index is 5.65. The molecule has 0 amide bonds. The first-order valence-corrected chi connectivity index (χ1v) is 6.73. The van der Waals surface area contributed by atoms with Gasteiger partial charge in [0.2, 0.25) is 5.89 Å². The van der Waals surface area contributed by atoms with Gasteiger partial charge < -0.3 is 19.4 Å². The highest BCUT2D eigenvalue weighted by atomic mass is 16.5. The van der Waals surface area contributed by atoms with Crippen LogP contribution in [0.25, 0.3) is 0 Å². The Morgan fingerprint density at radius 2 is 2.28 bits per heavy atom. The van der Waals surface area contributed by atoms with Crippen molar-refractivity contribution in [1.82, 2.24) is 15.5 Å². The van der Waals surface area contributed by atoms with E-state index < -0.39 is 0 Å². The molecule has 2 rings (SSSR count). The highest BCUT2D eigenvalue weighted by Gasteiger charge is 2.22. The van der Waals surface area contributed by atoms with Gasteiger partial charge in [-0.2, -0.15) is 0 Å². The van der Waals surface area contributed by atoms with Crippen molar-refractivity contribution in [2.45, 2.75) is 39.3 Å². The molecule has 0 bridgehead atoms. The van der Waals surface area contributed by atoms with E-state index in [9.17, 15) is 0 Å². The van der Waals surface area contributed by atoms with Crippen molar-refractivity contribution in [3.63, 3.8) is 0 Å². The Morgan fingerprint density at radius 3 is 3.06 bits per heavy atom. The summed E-state index contributed by atoms with van der Waals surface area (Å²) in [4.78, 5) is 2.11. The van der Waals surface area contributed by atoms with E-state index in [1.165, 1.54) is 0 Å². The molecule has 18 heavy (non-hydrogen) atoms. The van der Waals surface area contributed by atoms with E-state index in [1.807, 2.05) is 0 Å². The minimum absolute atomic E-state index is 0.271. The maximum Gasteiger partial charge on any atom is 0.318 e. The molecule has 1 fully saturated rings. The molecule has 1 aliphatic rings. The van der Waals surface area contributed by atoms with Crippen LogP contribution in [-0.4, -0.2) is 42.5 Å². The summed E-state index contributed by atoms with van der Waals surface area (Å²) in [5.74, 6) is 0.651. The number of aromatic nitrogens is 2. The number of nitrogens with zero attached hydrogens (tertiary/aromatic N) is 3. The van der Waals surface area contributed by atoms with Gasteiger partial charge in [-0.1, -0.05) is 18.9 Å². The normalized spacial score (nSPS) is 20.3. The smallest absolute Gasteiger partial charge is 0.318 e. The zero-order valence-corrected chi connectivity index (χ0v) is 11.2. The summed E-state index contributed by atoms with van der Waals surface area (Å²) in [5, 5.41) is 11.4. The molecule has 0 aromatic carbocycles. The average molecular weight is 254 g/mol. The number of morpholine rings is 1. The van der Waals surface area contributed by atoms with Gasteiger partial charge in [-0.15, -0.1) is 5.10 Å². The Kier molecular flexibility index (Phi) is 4.95. The van der Waals surface area contributed by atoms with Crippen molar-refractivity contribution < 1.29 is 9.15 Å². The molecular weight excluding hydrogens is 232 g/mol. The molecule has 1 saturated heterocycles. The molecule has 102 valence electrons. The van der Waals surface area contributed by atoms with Crippen LogP contribution in [0.3, 0.4) is 0 Å². The second kappa shape index (κ2) is 6.70. The summed E-state index contributed by atoms with van der Waals surface area (Å²) >= 11 is 0. The Bertz CT molecular complexity index is 356. The third kappa shape index (κ3) is 3.43. The minimum Gasteiger partial charge on any atom is -0.407 e. The lowest BCUT2D eigenvalue weighted by Crippen LogP contribution is -2.42. The minimum atomic E-state index is 0.271. The predicted octanol–water partition coefficient (Wildman–Crippen LogP) is 1.18. The number of anilines is 1. The first-order valence-electron chi connectivity index (χ1n) is 6.73. The summed E-state index contributed by atoms with van der Waals surface area (Å²) in [7, 11) is 0. The predicted molar refractivity (Wildman–Crippen MR) is 68.5 cm³/mol. The van der Waals surface area contributed by atoms with Gasteiger partial charge in [0.05, 0.1) is 19.3 Å². The average Bonchev–Trinajstić information content (AvgIpc) is 2.88. The molecule has 1 aromatic heterocycles. The fourth-order valence-electron chi connectivity index (χ4n) is 1.96. The Labute approximate surface area is 108 Å². The van der Waals surface area contributed by atoms with E-state index in [0.29, 0.717) is 18.5 Å². The summed E-state index contributed by atoms with van der Waals surface area (Å²) in [6, 6.07) is 0.616. The Morgan fingerprint density at radius 1 is 1.39 bits per heavy atom. The molecule has 0 saturated carbocycles. The SMILES string of the molecule is CCCNCc1nnc(N2CCOC(CC)C2)o1. The lowest BCUT2D eigenvalue weighted by Gasteiger charge is -2.30. The van der Waals surface area contributed by atoms with Crippen LogP contribution in [0.5, 0.6) is 0 Å². The van der Waals surface area contributed by atoms with E-state index in [-0.39, 0.29) is 6.10 Å². The quantitative estimate of drug-likeness (QED) is 0.769. The van der Waals surface area contributed by atoms with Crippen LogP contribution in [0, 0.1) is 0 Å². The van der Waals surface area contributed by atoms with E-state index >= 15 is 0 Å². The van der Waals surface area contributed by atoms with Gasteiger partial charge in [0.25, 0.3) is 0 Å². The standard InChI is InChI=1S/C12H22N4O2/c1-3-5-13-8-11-14-15-12(18-11)16-6-7-17-10(4-2)9-16/h10,13H,3-9H2,1-2H3. The molecule has 6 nitrogen and oxygen atoms in total. The summed E-state index contributed by atoms with van der Waals surface area (Å²) < 4.78 is 11.3. The van der Waals surface area contributed by atoms with Gasteiger partial charge >= 0.3 is 6.01 Å². The van der Waals surface area contributed by atoms with Crippen LogP contribution in [-0.2, 0) is 11.3 Å². The molecule has 1 unspecified atom stereocenters. The molecule has 0 radical (unpaired) electrons. The molecule has 1 N–H and O–H groups in total. The Hall–Kier alpha value is -1.14. The van der Waals surface area contributed by atoms with Crippen LogP contribution < -0.4 is 10.2 Å². The molecule has 1 aliphatic heterocycles. The van der Waals surface area contributed by atoms with Crippen LogP contribution in [0.4, 0.5) is 6.01 Å². The topological polar surface area (TPSA) is 63.4 Å². The summed E-state index contributed by atoms with van der Waals surface area (Å²) in [6.45, 7) is 8.24. The zero-order valence-electron chi connectivity index (χ0n) is 11.2. The number of rotatable bonds is 6. The van der Waals surface area contributed by atoms with E-state index in [4.69, 9.17) is 9.15 Å². The van der Waals surface area contributed by atoms with Gasteiger partial charge in [0.15, 0.2) is 0 Å². The molecule has 2 heterocycles. The molecule has 1 atom stereocenters. The maximum atomic E-state index is 5.65. The van der Waals surface area contributed by atoms with Gasteiger partial charge in [-0.05, 0) is 19.4 Å². The second-order valence-electron chi connectivity index (χ2n) is 4.50. The molecule has 6 heteroatoms. The van der Waals surface area contributed by atoms with Gasteiger partial charge in [-0.3, -0.25) is 0 Å². The molecule has 0 aliphatic carbocycles. The van der Waals surface area contributed by atoms with Crippen molar-refractivity contribution in [3.8, 4) is 0 Å². The van der Waals surface area contributed by atoms with E-state index in [1.54, 1.807) is 0 Å². The Balaban J connectivity index is 1.88. The third-order valence-electron chi connectivity index (χ3n) is 3.02. The highest BCUT2D eigenvalue weighted by molar-refractivity contribution is 5.25. The van der Waals surface area contributed by atoms with Crippen LogP contribution in [0.15, 0.2) is 4.42 Å². The van der Waals surface area contributed by atoms with Crippen LogP contribution >= 0.6 is 0 Å². The number of ether oxygens (including phenoxy) is 1. The van der Waals surface area contributed by atoms with Crippen molar-refractivity contribution in [3.05, 3.63) is 5.89 Å². The lowest BCUT2D eigenvalue weighted by atomic mass is 10.2. The highest BCUT2D eigenvalue weighted by Crippen LogP contribution is 2.17. The van der Waals surface area contributed by atoms with Crippen molar-refractivity contribution in [1.29, 1.82) is 0 Å². The lowest BCUT2D eigenvalue weighted by molar-refractivity contribution is 0.0366. The van der Waals surface area contributed by atoms with Crippen LogP contribution in [0.1, 0.15) is 32.6 Å². The first-order chi connectivity index (χ1) is 8.83. The third-order valence-corrected chi connectivity index (χ3v) is 3.02. The summed E-state index contributed by atoms with van der Waals surface area (Å²) in [5.41, 5.74) is 0. The zero-order chi connectivity index (χ0) is 12.8. The van der Waals surface area contributed by atoms with Gasteiger partial charge in [0, 0.05) is 13.1 Å². The molecule has 1 aromatic rings. The van der Waals surface area contributed by atoms with Crippen LogP contribution in [0.2, 0.25) is 0 Å². The van der Waals surface area contributed by atoms with Crippen molar-refractivity contribution in [2.24, 2.45) is 0 Å². The molecule has 0 spiro atoms. The fourth-order valence-corrected chi connectivity index (χ4v) is 1.96. The number of hydrogen-bond donors (Lipinski definition) is 1. The van der Waals surface area contributed by atoms with E-state index in [2.05, 4.69) is 34.3 Å². The largest absolute Gasteiger partial charge is 0.407 e. The fraction of sp³-hybridized carbons (Fsp3) is 0.833. The molecular formula is C12H22N4O2. The van der Waals surface area contributed by atoms with Gasteiger partial charge in [-0.25, -0.2) is 0 Å². The van der Waals surface area contributed by atoms with E-state index in [0.717, 1.165) is 39.1 Å². The second-order valence-corrected chi connectivity index (χ2v) is 4.50. The first kappa shape index (κ1) is 13.3. The number of hydrogen-bond acceptors (Lipinski definition) is 6. The van der Waals surface area contributed by atoms with Gasteiger partial charge in [0.1, 0.15) is 0 Å². The van der Waals surface area contributed by atoms with Crippen molar-refractivity contribution in [2.75, 3.05) is 31.1 Å². The number of nitrogens with one attached hydrogen (secondary N) is 1.